The van der Waals surface area contributed by atoms with Gasteiger partial charge in [-0.2, -0.15) is 5.26 Å². The lowest BCUT2D eigenvalue weighted by atomic mass is 10.1. The van der Waals surface area contributed by atoms with E-state index in [4.69, 9.17) is 9.68 Å². The van der Waals surface area contributed by atoms with Gasteiger partial charge in [0.2, 0.25) is 5.91 Å². The molecule has 1 aliphatic rings. The fourth-order valence-corrected chi connectivity index (χ4v) is 3.36. The molecule has 1 aromatic heterocycles. The Labute approximate surface area is 161 Å². The van der Waals surface area contributed by atoms with Crippen LogP contribution in [0.3, 0.4) is 0 Å². The topological polar surface area (TPSA) is 90.4 Å². The van der Waals surface area contributed by atoms with Crippen molar-refractivity contribution in [3.63, 3.8) is 0 Å². The summed E-state index contributed by atoms with van der Waals surface area (Å²) in [6.07, 6.45) is 1.67. The molecule has 0 spiro atoms. The minimum absolute atomic E-state index is 0.0254. The van der Waals surface area contributed by atoms with Crippen LogP contribution in [0.5, 0.6) is 0 Å². The van der Waals surface area contributed by atoms with E-state index >= 15 is 0 Å². The van der Waals surface area contributed by atoms with Crippen LogP contribution in [-0.4, -0.2) is 52.8 Å². The molecule has 0 atom stereocenters. The molecule has 1 fully saturated rings. The Bertz CT molecular complexity index is 1070. The molecule has 0 N–H and O–H groups in total. The number of nitriles is 1. The first kappa shape index (κ1) is 17.7. The molecule has 7 nitrogen and oxygen atoms in total. The highest BCUT2D eigenvalue weighted by Crippen LogP contribution is 2.16. The number of aromatic nitrogens is 1. The van der Waals surface area contributed by atoms with Crippen LogP contribution in [0.25, 0.3) is 11.1 Å². The second kappa shape index (κ2) is 7.53. The molecule has 7 heteroatoms. The minimum atomic E-state index is -0.111. The van der Waals surface area contributed by atoms with Gasteiger partial charge in [-0.3, -0.25) is 9.59 Å². The Morgan fingerprint density at radius 2 is 1.86 bits per heavy atom. The number of benzene rings is 2. The summed E-state index contributed by atoms with van der Waals surface area (Å²) in [5.41, 5.74) is 3.27. The molecule has 2 amide bonds. The Hall–Kier alpha value is -3.66. The average Bonchev–Trinajstić information content (AvgIpc) is 3.21. The molecule has 2 heterocycles. The number of carbonyl (C=O) groups excluding carboxylic acids is 2. The number of oxazole rings is 1. The maximum absolute atomic E-state index is 12.6. The molecule has 28 heavy (non-hydrogen) atoms. The van der Waals surface area contributed by atoms with Crippen LogP contribution in [0.15, 0.2) is 53.3 Å². The highest BCUT2D eigenvalue weighted by molar-refractivity contribution is 5.94. The predicted octanol–water partition coefficient (Wildman–Crippen LogP) is 2.23. The molecule has 0 unspecified atom stereocenters. The third kappa shape index (κ3) is 3.58. The van der Waals surface area contributed by atoms with Crippen molar-refractivity contribution in [3.05, 3.63) is 65.5 Å². The third-order valence-electron chi connectivity index (χ3n) is 4.91. The molecule has 0 radical (unpaired) electrons. The van der Waals surface area contributed by atoms with Crippen LogP contribution in [0.2, 0.25) is 0 Å². The van der Waals surface area contributed by atoms with Crippen molar-refractivity contribution < 1.29 is 14.0 Å². The summed E-state index contributed by atoms with van der Waals surface area (Å²) in [6, 6.07) is 14.3. The average molecular weight is 374 g/mol. The summed E-state index contributed by atoms with van der Waals surface area (Å²) in [4.78, 5) is 32.8. The number of hydrogen-bond acceptors (Lipinski definition) is 5. The molecular weight excluding hydrogens is 356 g/mol. The zero-order valence-corrected chi connectivity index (χ0v) is 15.2. The van der Waals surface area contributed by atoms with E-state index in [-0.39, 0.29) is 18.2 Å². The first-order chi connectivity index (χ1) is 13.6. The van der Waals surface area contributed by atoms with E-state index in [2.05, 4.69) is 4.98 Å². The maximum Gasteiger partial charge on any atom is 0.254 e. The van der Waals surface area contributed by atoms with Gasteiger partial charge in [-0.15, -0.1) is 0 Å². The van der Waals surface area contributed by atoms with Crippen LogP contribution in [0.4, 0.5) is 0 Å². The molecule has 1 saturated heterocycles. The maximum atomic E-state index is 12.6. The van der Waals surface area contributed by atoms with Gasteiger partial charge >= 0.3 is 0 Å². The molecule has 0 saturated carbocycles. The minimum Gasteiger partial charge on any atom is -0.443 e. The molecule has 0 aliphatic carbocycles. The van der Waals surface area contributed by atoms with Gasteiger partial charge in [0.25, 0.3) is 5.91 Å². The quantitative estimate of drug-likeness (QED) is 0.701. The molecule has 4 rings (SSSR count). The van der Waals surface area contributed by atoms with Gasteiger partial charge in [0.15, 0.2) is 12.0 Å². The number of rotatable bonds is 3. The summed E-state index contributed by atoms with van der Waals surface area (Å²) in [6.45, 7) is 1.94. The lowest BCUT2D eigenvalue weighted by molar-refractivity contribution is -0.131. The van der Waals surface area contributed by atoms with Crippen molar-refractivity contribution in [1.82, 2.24) is 14.8 Å². The Balaban J connectivity index is 1.36. The first-order valence-electron chi connectivity index (χ1n) is 9.03. The van der Waals surface area contributed by atoms with Crippen LogP contribution in [-0.2, 0) is 11.2 Å². The number of fused-ring (bicyclic) bond motifs is 1. The number of hydrogen-bond donors (Lipinski definition) is 0. The van der Waals surface area contributed by atoms with Crippen molar-refractivity contribution in [2.45, 2.75) is 6.42 Å². The molecule has 1 aliphatic heterocycles. The van der Waals surface area contributed by atoms with E-state index in [1.165, 1.54) is 6.39 Å². The summed E-state index contributed by atoms with van der Waals surface area (Å²) in [5.74, 6) is -0.0857. The van der Waals surface area contributed by atoms with E-state index in [0.717, 1.165) is 11.1 Å². The highest BCUT2D eigenvalue weighted by Gasteiger charge is 2.25. The Morgan fingerprint density at radius 1 is 1.07 bits per heavy atom. The SMILES string of the molecule is N#Cc1cccc(C(=O)N2CCN(C(=O)Cc3ccc4ncoc4c3)CC2)c1. The zero-order valence-electron chi connectivity index (χ0n) is 15.2. The summed E-state index contributed by atoms with van der Waals surface area (Å²) < 4.78 is 5.28. The monoisotopic (exact) mass is 374 g/mol. The summed E-state index contributed by atoms with van der Waals surface area (Å²) in [7, 11) is 0. The third-order valence-corrected chi connectivity index (χ3v) is 4.91. The molecule has 2 aromatic carbocycles. The first-order valence-corrected chi connectivity index (χ1v) is 9.03. The van der Waals surface area contributed by atoms with Crippen LogP contribution >= 0.6 is 0 Å². The van der Waals surface area contributed by atoms with E-state index in [1.54, 1.807) is 34.1 Å². The van der Waals surface area contributed by atoms with Gasteiger partial charge in [-0.05, 0) is 35.9 Å². The number of nitrogens with zero attached hydrogens (tertiary/aromatic N) is 4. The highest BCUT2D eigenvalue weighted by atomic mass is 16.3. The summed E-state index contributed by atoms with van der Waals surface area (Å²) >= 11 is 0. The van der Waals surface area contributed by atoms with Gasteiger partial charge in [-0.25, -0.2) is 4.98 Å². The second-order valence-electron chi connectivity index (χ2n) is 6.70. The molecule has 3 aromatic rings. The molecule has 140 valence electrons. The zero-order chi connectivity index (χ0) is 19.5. The van der Waals surface area contributed by atoms with Crippen molar-refractivity contribution in [2.24, 2.45) is 0 Å². The molecular formula is C21H18N4O3. The normalized spacial score (nSPS) is 14.1. The Kier molecular flexibility index (Phi) is 4.77. The molecule has 0 bridgehead atoms. The van der Waals surface area contributed by atoms with Crippen LogP contribution in [0.1, 0.15) is 21.5 Å². The van der Waals surface area contributed by atoms with Crippen LogP contribution in [0, 0.1) is 11.3 Å². The number of carbonyl (C=O) groups is 2. The van der Waals surface area contributed by atoms with E-state index < -0.39 is 0 Å². The smallest absolute Gasteiger partial charge is 0.254 e. The summed E-state index contributed by atoms with van der Waals surface area (Å²) in [5, 5.41) is 8.99. The van der Waals surface area contributed by atoms with E-state index in [9.17, 15) is 9.59 Å². The predicted molar refractivity (Wildman–Crippen MR) is 101 cm³/mol. The van der Waals surface area contributed by atoms with Crippen molar-refractivity contribution in [2.75, 3.05) is 26.2 Å². The van der Waals surface area contributed by atoms with Crippen molar-refractivity contribution >= 4 is 22.9 Å². The standard InChI is InChI=1S/C21H18N4O3/c22-13-16-2-1-3-17(10-16)21(27)25-8-6-24(7-9-25)20(26)12-15-4-5-18-19(11-15)28-14-23-18/h1-5,10-11,14H,6-9,12H2. The van der Waals surface area contributed by atoms with Crippen molar-refractivity contribution in [3.8, 4) is 6.07 Å². The number of piperazine rings is 1. The largest absolute Gasteiger partial charge is 0.443 e. The lowest BCUT2D eigenvalue weighted by Gasteiger charge is -2.35. The van der Waals surface area contributed by atoms with Crippen LogP contribution < -0.4 is 0 Å². The van der Waals surface area contributed by atoms with Gasteiger partial charge in [0.05, 0.1) is 18.1 Å². The van der Waals surface area contributed by atoms with E-state index in [1.807, 2.05) is 24.3 Å². The Morgan fingerprint density at radius 3 is 2.64 bits per heavy atom. The van der Waals surface area contributed by atoms with Gasteiger partial charge in [-0.1, -0.05) is 12.1 Å². The fourth-order valence-electron chi connectivity index (χ4n) is 3.36. The second-order valence-corrected chi connectivity index (χ2v) is 6.70. The van der Waals surface area contributed by atoms with Gasteiger partial charge < -0.3 is 14.2 Å². The fraction of sp³-hybridized carbons (Fsp3) is 0.238. The van der Waals surface area contributed by atoms with E-state index in [0.29, 0.717) is 42.9 Å². The lowest BCUT2D eigenvalue weighted by Crippen LogP contribution is -2.51. The van der Waals surface area contributed by atoms with Gasteiger partial charge in [0, 0.05) is 31.7 Å². The van der Waals surface area contributed by atoms with Gasteiger partial charge in [0.1, 0.15) is 5.52 Å². The van der Waals surface area contributed by atoms with Crippen molar-refractivity contribution in [1.29, 1.82) is 5.26 Å². The number of amides is 2.